The van der Waals surface area contributed by atoms with Gasteiger partial charge in [-0.25, -0.2) is 28.3 Å². The molecule has 1 fully saturated rings. The second-order valence-electron chi connectivity index (χ2n) is 12.6. The Morgan fingerprint density at radius 1 is 1.11 bits per heavy atom. The number of alkyl halides is 2. The third-order valence-electron chi connectivity index (χ3n) is 8.14. The molecule has 47 heavy (non-hydrogen) atoms. The number of carbonyl (C=O) groups is 2. The van der Waals surface area contributed by atoms with Gasteiger partial charge >= 0.3 is 12.1 Å². The van der Waals surface area contributed by atoms with E-state index in [0.717, 1.165) is 21.5 Å². The number of carbonyl (C=O) groups excluding carboxylic acids is 1. The van der Waals surface area contributed by atoms with Gasteiger partial charge in [0.15, 0.2) is 22.5 Å². The quantitative estimate of drug-likeness (QED) is 0.261. The number of hydrogen-bond donors (Lipinski definition) is 2. The summed E-state index contributed by atoms with van der Waals surface area (Å²) in [4.78, 5) is 37.3. The SMILES string of the molecule is CSc1nc(N2Cc3c(Cl)c(C(=O)O)nn3CC(F)(F)C2)c(C#N)c(N2CC3(CCc4sc(NC(=O)OC(C)(C)C)c(C#N)c43)C2)n1. The molecule has 0 bridgehead atoms. The number of aromatic carboxylic acids is 1. The maximum atomic E-state index is 15.3. The Balaban J connectivity index is 1.33. The number of fused-ring (bicyclic) bond motifs is 3. The van der Waals surface area contributed by atoms with E-state index in [-0.39, 0.29) is 39.6 Å². The number of carboxylic acid groups (broad SMARTS) is 1. The fraction of sp³-hybridized carbons (Fsp3) is 0.483. The molecule has 3 aromatic heterocycles. The molecule has 0 radical (unpaired) electrons. The zero-order chi connectivity index (χ0) is 34.1. The van der Waals surface area contributed by atoms with Gasteiger partial charge in [0.2, 0.25) is 0 Å². The maximum absolute atomic E-state index is 15.3. The predicted molar refractivity (Wildman–Crippen MR) is 170 cm³/mol. The van der Waals surface area contributed by atoms with Crippen molar-refractivity contribution >= 4 is 63.4 Å². The molecule has 0 unspecified atom stereocenters. The van der Waals surface area contributed by atoms with E-state index in [4.69, 9.17) is 16.3 Å². The number of thiophene rings is 1. The van der Waals surface area contributed by atoms with Crippen LogP contribution in [0.4, 0.5) is 30.2 Å². The van der Waals surface area contributed by atoms with E-state index in [1.54, 1.807) is 27.0 Å². The van der Waals surface area contributed by atoms with Crippen LogP contribution >= 0.6 is 34.7 Å². The van der Waals surface area contributed by atoms with E-state index < -0.39 is 47.8 Å². The molecule has 2 aliphatic heterocycles. The van der Waals surface area contributed by atoms with Crippen LogP contribution in [0.25, 0.3) is 0 Å². The van der Waals surface area contributed by atoms with Gasteiger partial charge in [0.1, 0.15) is 34.8 Å². The van der Waals surface area contributed by atoms with Gasteiger partial charge in [0.05, 0.1) is 29.4 Å². The second-order valence-corrected chi connectivity index (χ2v) is 14.9. The van der Waals surface area contributed by atoms with Crippen LogP contribution in [0, 0.1) is 22.7 Å². The van der Waals surface area contributed by atoms with Crippen LogP contribution in [-0.4, -0.2) is 74.3 Å². The fourth-order valence-electron chi connectivity index (χ4n) is 6.33. The summed E-state index contributed by atoms with van der Waals surface area (Å²) in [5.41, 5.74) is -0.413. The number of nitriles is 2. The average molecular weight is 704 g/mol. The second kappa shape index (κ2) is 11.5. The van der Waals surface area contributed by atoms with Crippen molar-refractivity contribution in [1.29, 1.82) is 10.5 Å². The summed E-state index contributed by atoms with van der Waals surface area (Å²) < 4.78 is 36.8. The molecule has 3 aliphatic rings. The van der Waals surface area contributed by atoms with Crippen LogP contribution in [0.1, 0.15) is 64.9 Å². The number of amides is 1. The molecule has 2 N–H and O–H groups in total. The van der Waals surface area contributed by atoms with Crippen LogP contribution < -0.4 is 15.1 Å². The molecule has 246 valence electrons. The molecule has 1 aliphatic carbocycles. The lowest BCUT2D eigenvalue weighted by Gasteiger charge is -2.49. The number of halogens is 3. The van der Waals surface area contributed by atoms with Crippen molar-refractivity contribution in [3.8, 4) is 12.1 Å². The molecule has 5 heterocycles. The molecule has 13 nitrogen and oxygen atoms in total. The predicted octanol–water partition coefficient (Wildman–Crippen LogP) is 5.26. The fourth-order valence-corrected chi connectivity index (χ4v) is 8.22. The van der Waals surface area contributed by atoms with Crippen molar-refractivity contribution in [2.45, 2.75) is 68.8 Å². The lowest BCUT2D eigenvalue weighted by atomic mass is 9.74. The van der Waals surface area contributed by atoms with E-state index >= 15 is 8.78 Å². The van der Waals surface area contributed by atoms with Crippen LogP contribution in [0.2, 0.25) is 5.02 Å². The van der Waals surface area contributed by atoms with Gasteiger partial charge in [-0.3, -0.25) is 10.00 Å². The molecule has 18 heteroatoms. The van der Waals surface area contributed by atoms with Crippen molar-refractivity contribution in [3.63, 3.8) is 0 Å². The van der Waals surface area contributed by atoms with Crippen molar-refractivity contribution in [1.82, 2.24) is 19.7 Å². The number of aryl methyl sites for hydroxylation is 1. The molecule has 1 spiro atoms. The number of rotatable bonds is 5. The van der Waals surface area contributed by atoms with Gasteiger partial charge in [-0.1, -0.05) is 23.4 Å². The monoisotopic (exact) mass is 703 g/mol. The molecule has 1 saturated heterocycles. The number of nitrogens with zero attached hydrogens (tertiary/aromatic N) is 8. The van der Waals surface area contributed by atoms with E-state index in [9.17, 15) is 25.2 Å². The number of thioether (sulfide) groups is 1. The first-order chi connectivity index (χ1) is 22.1. The average Bonchev–Trinajstić information content (AvgIpc) is 3.56. The summed E-state index contributed by atoms with van der Waals surface area (Å²) in [6.07, 6.45) is 2.51. The zero-order valence-electron chi connectivity index (χ0n) is 25.6. The van der Waals surface area contributed by atoms with Crippen LogP contribution in [-0.2, 0) is 29.7 Å². The topological polar surface area (TPSA) is 173 Å². The normalized spacial score (nSPS) is 17.6. The molecule has 6 rings (SSSR count). The highest BCUT2D eigenvalue weighted by atomic mass is 35.5. The molecular weight excluding hydrogens is 676 g/mol. The molecule has 0 atom stereocenters. The van der Waals surface area contributed by atoms with Crippen molar-refractivity contribution in [2.24, 2.45) is 0 Å². The van der Waals surface area contributed by atoms with Crippen molar-refractivity contribution in [3.05, 3.63) is 38.0 Å². The third kappa shape index (κ3) is 5.81. The molecular formula is C29H28ClF2N9O4S2. The highest BCUT2D eigenvalue weighted by molar-refractivity contribution is 7.98. The van der Waals surface area contributed by atoms with Gasteiger partial charge in [0, 0.05) is 23.4 Å². The number of nitrogens with one attached hydrogen (secondary N) is 1. The van der Waals surface area contributed by atoms with E-state index in [1.807, 2.05) is 4.90 Å². The number of hydrogen-bond acceptors (Lipinski definition) is 12. The zero-order valence-corrected chi connectivity index (χ0v) is 28.0. The van der Waals surface area contributed by atoms with E-state index in [2.05, 4.69) is 32.5 Å². The van der Waals surface area contributed by atoms with Crippen molar-refractivity contribution in [2.75, 3.05) is 41.0 Å². The smallest absolute Gasteiger partial charge is 0.412 e. The van der Waals surface area contributed by atoms with E-state index in [1.165, 1.54) is 28.0 Å². The minimum absolute atomic E-state index is 0.0210. The summed E-state index contributed by atoms with van der Waals surface area (Å²) in [5, 5.41) is 36.9. The number of carboxylic acids is 1. The highest BCUT2D eigenvalue weighted by Gasteiger charge is 2.53. The molecule has 3 aromatic rings. The van der Waals surface area contributed by atoms with Gasteiger partial charge in [0.25, 0.3) is 5.92 Å². The summed E-state index contributed by atoms with van der Waals surface area (Å²) in [6, 6.07) is 4.37. The van der Waals surface area contributed by atoms with Gasteiger partial charge in [-0.2, -0.15) is 15.6 Å². The van der Waals surface area contributed by atoms with E-state index in [0.29, 0.717) is 30.1 Å². The Morgan fingerprint density at radius 2 is 1.77 bits per heavy atom. The first-order valence-electron chi connectivity index (χ1n) is 14.4. The van der Waals surface area contributed by atoms with Crippen LogP contribution in [0.3, 0.4) is 0 Å². The third-order valence-corrected chi connectivity index (χ3v) is 10.2. The van der Waals surface area contributed by atoms with Gasteiger partial charge < -0.3 is 19.6 Å². The maximum Gasteiger partial charge on any atom is 0.412 e. The summed E-state index contributed by atoms with van der Waals surface area (Å²) in [5.74, 6) is -4.58. The lowest BCUT2D eigenvalue weighted by molar-refractivity contribution is -0.00851. The summed E-state index contributed by atoms with van der Waals surface area (Å²) in [7, 11) is 0. The van der Waals surface area contributed by atoms with Crippen molar-refractivity contribution < 1.29 is 28.2 Å². The van der Waals surface area contributed by atoms with Crippen LogP contribution in [0.15, 0.2) is 5.16 Å². The number of ether oxygens (including phenoxy) is 1. The first kappa shape index (κ1) is 32.7. The minimum atomic E-state index is -3.37. The summed E-state index contributed by atoms with van der Waals surface area (Å²) in [6.45, 7) is 4.05. The Labute approximate surface area is 281 Å². The largest absolute Gasteiger partial charge is 0.476 e. The van der Waals surface area contributed by atoms with Gasteiger partial charge in [-0.05, 0) is 45.4 Å². The summed E-state index contributed by atoms with van der Waals surface area (Å²) >= 11 is 8.82. The molecule has 0 saturated carbocycles. The Hall–Kier alpha value is -4.19. The molecule has 0 aromatic carbocycles. The Morgan fingerprint density at radius 3 is 2.36 bits per heavy atom. The Bertz CT molecular complexity index is 1900. The number of anilines is 3. The minimum Gasteiger partial charge on any atom is -0.476 e. The Kier molecular flexibility index (Phi) is 8.01. The van der Waals surface area contributed by atoms with Crippen LogP contribution in [0.5, 0.6) is 0 Å². The first-order valence-corrected chi connectivity index (χ1v) is 16.8. The highest BCUT2D eigenvalue weighted by Crippen LogP contribution is 2.53. The molecule has 1 amide bonds. The number of aromatic nitrogens is 4. The van der Waals surface area contributed by atoms with Gasteiger partial charge in [-0.15, -0.1) is 11.3 Å². The lowest BCUT2D eigenvalue weighted by Crippen LogP contribution is -2.59. The standard InChI is InChI=1S/C29H28ClF2N9O4S2/c1-27(2,3)45-26(44)37-23-14(7-33)18-17(47-23)5-6-28(18)10-40(11-28)22-15(8-34)21(35-25(36-22)46-4)39-9-16-19(30)20(24(42)43)38-41(16)13-29(31,32)12-39/h5-6,9-13H2,1-4H3,(H,37,44)(H,42,43).